The van der Waals surface area contributed by atoms with E-state index in [9.17, 15) is 4.79 Å². The van der Waals surface area contributed by atoms with Gasteiger partial charge in [0.05, 0.1) is 0 Å². The highest BCUT2D eigenvalue weighted by atomic mass is 16.2. The first kappa shape index (κ1) is 9.89. The molecular weight excluding hydrogens is 192 g/mol. The molecule has 1 unspecified atom stereocenters. The molecular formula is C10H14N4O. The molecule has 80 valence electrons. The van der Waals surface area contributed by atoms with Crippen molar-refractivity contribution in [1.82, 2.24) is 15.5 Å². The summed E-state index contributed by atoms with van der Waals surface area (Å²) in [6.07, 6.45) is 2.41. The van der Waals surface area contributed by atoms with Crippen molar-refractivity contribution in [2.75, 3.05) is 5.73 Å². The summed E-state index contributed by atoms with van der Waals surface area (Å²) < 4.78 is 0. The molecule has 1 aromatic heterocycles. The predicted octanol–water partition coefficient (Wildman–Crippen LogP) is 0.587. The molecule has 0 spiro atoms. The van der Waals surface area contributed by atoms with E-state index in [2.05, 4.69) is 15.5 Å². The fourth-order valence-corrected chi connectivity index (χ4v) is 1.46. The third-order valence-corrected chi connectivity index (χ3v) is 2.61. The van der Waals surface area contributed by atoms with Crippen molar-refractivity contribution in [2.45, 2.75) is 25.8 Å². The van der Waals surface area contributed by atoms with Crippen LogP contribution in [0.15, 0.2) is 12.1 Å². The van der Waals surface area contributed by atoms with Gasteiger partial charge in [-0.1, -0.05) is 0 Å². The molecule has 0 aromatic carbocycles. The Balaban J connectivity index is 1.97. The first-order valence-electron chi connectivity index (χ1n) is 5.07. The van der Waals surface area contributed by atoms with E-state index in [-0.39, 0.29) is 11.9 Å². The van der Waals surface area contributed by atoms with Crippen LogP contribution in [0.25, 0.3) is 0 Å². The quantitative estimate of drug-likeness (QED) is 0.758. The molecule has 1 fully saturated rings. The molecule has 1 aromatic rings. The Morgan fingerprint density at radius 1 is 1.53 bits per heavy atom. The largest absolute Gasteiger partial charge is 0.382 e. The lowest BCUT2D eigenvalue weighted by Crippen LogP contribution is -2.34. The lowest BCUT2D eigenvalue weighted by Gasteiger charge is -2.11. The van der Waals surface area contributed by atoms with Crippen LogP contribution in [0.5, 0.6) is 0 Å². The van der Waals surface area contributed by atoms with Gasteiger partial charge in [0, 0.05) is 6.04 Å². The fraction of sp³-hybridized carbons (Fsp3) is 0.500. The average Bonchev–Trinajstić information content (AvgIpc) is 3.01. The van der Waals surface area contributed by atoms with E-state index in [4.69, 9.17) is 5.73 Å². The Kier molecular flexibility index (Phi) is 2.53. The van der Waals surface area contributed by atoms with Crippen LogP contribution in [-0.2, 0) is 0 Å². The molecule has 1 aliphatic carbocycles. The van der Waals surface area contributed by atoms with Gasteiger partial charge in [-0.25, -0.2) is 0 Å². The molecule has 1 amide bonds. The number of hydrogen-bond acceptors (Lipinski definition) is 4. The smallest absolute Gasteiger partial charge is 0.272 e. The molecule has 1 saturated carbocycles. The molecule has 0 saturated heterocycles. The number of carbonyl (C=O) groups is 1. The maximum atomic E-state index is 11.6. The Hall–Kier alpha value is -1.65. The molecule has 5 nitrogen and oxygen atoms in total. The summed E-state index contributed by atoms with van der Waals surface area (Å²) in [5.74, 6) is 0.777. The highest BCUT2D eigenvalue weighted by Gasteiger charge is 2.29. The van der Waals surface area contributed by atoms with Crippen LogP contribution in [0.4, 0.5) is 5.82 Å². The van der Waals surface area contributed by atoms with Crippen molar-refractivity contribution >= 4 is 11.7 Å². The Bertz CT molecular complexity index is 358. The lowest BCUT2D eigenvalue weighted by molar-refractivity contribution is 0.0930. The maximum Gasteiger partial charge on any atom is 0.272 e. The van der Waals surface area contributed by atoms with Crippen LogP contribution in [0.1, 0.15) is 30.3 Å². The van der Waals surface area contributed by atoms with E-state index in [1.807, 2.05) is 6.92 Å². The summed E-state index contributed by atoms with van der Waals surface area (Å²) in [6, 6.07) is 3.37. The fourth-order valence-electron chi connectivity index (χ4n) is 1.46. The van der Waals surface area contributed by atoms with Crippen LogP contribution in [0.3, 0.4) is 0 Å². The first-order valence-corrected chi connectivity index (χ1v) is 5.07. The van der Waals surface area contributed by atoms with Crippen LogP contribution in [-0.4, -0.2) is 22.1 Å². The number of nitrogen functional groups attached to an aromatic ring is 1. The number of rotatable bonds is 3. The highest BCUT2D eigenvalue weighted by Crippen LogP contribution is 2.32. The van der Waals surface area contributed by atoms with E-state index in [0.29, 0.717) is 17.4 Å². The summed E-state index contributed by atoms with van der Waals surface area (Å²) in [5.41, 5.74) is 5.70. The van der Waals surface area contributed by atoms with Crippen molar-refractivity contribution in [3.8, 4) is 0 Å². The number of carbonyl (C=O) groups excluding carboxylic acids is 1. The molecule has 0 bridgehead atoms. The van der Waals surface area contributed by atoms with Crippen LogP contribution in [0.2, 0.25) is 0 Å². The monoisotopic (exact) mass is 206 g/mol. The van der Waals surface area contributed by atoms with E-state index < -0.39 is 0 Å². The minimum Gasteiger partial charge on any atom is -0.382 e. The molecule has 1 heterocycles. The molecule has 5 heteroatoms. The van der Waals surface area contributed by atoms with Gasteiger partial charge in [0.15, 0.2) is 5.69 Å². The van der Waals surface area contributed by atoms with Crippen molar-refractivity contribution in [2.24, 2.45) is 5.92 Å². The van der Waals surface area contributed by atoms with Gasteiger partial charge in [0.1, 0.15) is 5.82 Å². The summed E-state index contributed by atoms with van der Waals surface area (Å²) in [5, 5.41) is 10.3. The van der Waals surface area contributed by atoms with Gasteiger partial charge in [-0.05, 0) is 37.8 Å². The Morgan fingerprint density at radius 3 is 2.80 bits per heavy atom. The summed E-state index contributed by atoms with van der Waals surface area (Å²) in [6.45, 7) is 2.01. The van der Waals surface area contributed by atoms with Crippen LogP contribution >= 0.6 is 0 Å². The second-order valence-electron chi connectivity index (χ2n) is 3.94. The van der Waals surface area contributed by atoms with Crippen molar-refractivity contribution in [3.05, 3.63) is 17.8 Å². The van der Waals surface area contributed by atoms with Crippen molar-refractivity contribution in [1.29, 1.82) is 0 Å². The van der Waals surface area contributed by atoms with Gasteiger partial charge < -0.3 is 11.1 Å². The third kappa shape index (κ3) is 2.43. The number of nitrogens with one attached hydrogen (secondary N) is 1. The van der Waals surface area contributed by atoms with Gasteiger partial charge in [0.25, 0.3) is 5.91 Å². The van der Waals surface area contributed by atoms with Crippen LogP contribution in [0, 0.1) is 5.92 Å². The van der Waals surface area contributed by atoms with E-state index in [1.165, 1.54) is 12.8 Å². The normalized spacial score (nSPS) is 17.1. The standard InChI is InChI=1S/C10H14N4O/c1-6(7-2-3-7)12-10(15)8-4-5-9(11)14-13-8/h4-7H,2-3H2,1H3,(H2,11,14)(H,12,15). The van der Waals surface area contributed by atoms with Gasteiger partial charge in [0.2, 0.25) is 0 Å². The number of hydrogen-bond donors (Lipinski definition) is 2. The molecule has 2 rings (SSSR count). The highest BCUT2D eigenvalue weighted by molar-refractivity contribution is 5.92. The van der Waals surface area contributed by atoms with Gasteiger partial charge in [-0.2, -0.15) is 0 Å². The zero-order valence-electron chi connectivity index (χ0n) is 8.60. The average molecular weight is 206 g/mol. The number of nitrogens with two attached hydrogens (primary N) is 1. The third-order valence-electron chi connectivity index (χ3n) is 2.61. The molecule has 0 aliphatic heterocycles. The Labute approximate surface area is 88.1 Å². The number of aromatic nitrogens is 2. The zero-order chi connectivity index (χ0) is 10.8. The van der Waals surface area contributed by atoms with Gasteiger partial charge in [-0.3, -0.25) is 4.79 Å². The second-order valence-corrected chi connectivity index (χ2v) is 3.94. The van der Waals surface area contributed by atoms with Gasteiger partial charge in [-0.15, -0.1) is 10.2 Å². The van der Waals surface area contributed by atoms with Crippen molar-refractivity contribution in [3.63, 3.8) is 0 Å². The SMILES string of the molecule is CC(NC(=O)c1ccc(N)nn1)C1CC1. The number of anilines is 1. The summed E-state index contributed by atoms with van der Waals surface area (Å²) in [4.78, 5) is 11.6. The predicted molar refractivity (Wildman–Crippen MR) is 56.1 cm³/mol. The maximum absolute atomic E-state index is 11.6. The molecule has 1 atom stereocenters. The Morgan fingerprint density at radius 2 is 2.27 bits per heavy atom. The molecule has 3 N–H and O–H groups in total. The minimum absolute atomic E-state index is 0.179. The first-order chi connectivity index (χ1) is 7.16. The summed E-state index contributed by atoms with van der Waals surface area (Å²) in [7, 11) is 0. The molecule has 1 aliphatic rings. The van der Waals surface area contributed by atoms with Crippen molar-refractivity contribution < 1.29 is 4.79 Å². The van der Waals surface area contributed by atoms with E-state index in [0.717, 1.165) is 0 Å². The topological polar surface area (TPSA) is 80.9 Å². The zero-order valence-corrected chi connectivity index (χ0v) is 8.60. The van der Waals surface area contributed by atoms with Gasteiger partial charge >= 0.3 is 0 Å². The van der Waals surface area contributed by atoms with Crippen LogP contribution < -0.4 is 11.1 Å². The van der Waals surface area contributed by atoms with E-state index >= 15 is 0 Å². The number of nitrogens with zero attached hydrogens (tertiary/aromatic N) is 2. The lowest BCUT2D eigenvalue weighted by atomic mass is 10.2. The minimum atomic E-state index is -0.179. The molecule has 15 heavy (non-hydrogen) atoms. The molecule has 0 radical (unpaired) electrons. The number of amides is 1. The van der Waals surface area contributed by atoms with E-state index in [1.54, 1.807) is 12.1 Å². The summed E-state index contributed by atoms with van der Waals surface area (Å²) >= 11 is 0. The second kappa shape index (κ2) is 3.84.